The molecule has 4 aromatic rings. The van der Waals surface area contributed by atoms with Gasteiger partial charge in [0, 0.05) is 10.8 Å². The highest BCUT2D eigenvalue weighted by Gasteiger charge is 2.53. The van der Waals surface area contributed by atoms with E-state index in [4.69, 9.17) is 9.97 Å². The first-order chi connectivity index (χ1) is 13.2. The minimum absolute atomic E-state index is 0.0657. The van der Waals surface area contributed by atoms with E-state index in [-0.39, 0.29) is 5.41 Å². The minimum Gasteiger partial charge on any atom is -0.279 e. The third kappa shape index (κ3) is 1.90. The summed E-state index contributed by atoms with van der Waals surface area (Å²) in [7, 11) is 0. The van der Waals surface area contributed by atoms with Crippen molar-refractivity contribution >= 4 is 27.6 Å². The molecule has 3 heteroatoms. The first kappa shape index (κ1) is 16.5. The third-order valence-electron chi connectivity index (χ3n) is 7.36. The summed E-state index contributed by atoms with van der Waals surface area (Å²) in [5.74, 6) is 1.09. The van der Waals surface area contributed by atoms with E-state index in [1.54, 1.807) is 5.56 Å². The van der Waals surface area contributed by atoms with Crippen molar-refractivity contribution in [1.82, 2.24) is 14.4 Å². The molecule has 2 bridgehead atoms. The smallest absolute Gasteiger partial charge is 0.148 e. The molecule has 3 nitrogen and oxygen atoms in total. The number of aromatic nitrogens is 3. The van der Waals surface area contributed by atoms with E-state index in [9.17, 15) is 0 Å². The molecule has 2 aromatic carbocycles. The number of hydrogen-bond acceptors (Lipinski definition) is 2. The Balaban J connectivity index is 1.81. The lowest BCUT2D eigenvalue weighted by atomic mass is 9.78. The average molecular weight is 370 g/mol. The predicted molar refractivity (Wildman–Crippen MR) is 115 cm³/mol. The van der Waals surface area contributed by atoms with Gasteiger partial charge in [0.1, 0.15) is 11.5 Å². The quantitative estimate of drug-likeness (QED) is 0.378. The highest BCUT2D eigenvalue weighted by Crippen LogP contribution is 2.60. The van der Waals surface area contributed by atoms with Gasteiger partial charge in [-0.25, -0.2) is 9.97 Å². The zero-order chi connectivity index (χ0) is 19.5. The van der Waals surface area contributed by atoms with Gasteiger partial charge in [0.25, 0.3) is 0 Å². The Morgan fingerprint density at radius 2 is 1.57 bits per heavy atom. The van der Waals surface area contributed by atoms with Crippen LogP contribution in [-0.2, 0) is 16.2 Å². The SMILES string of the molecule is CC(C)(C)c1nc2ccccc2c2nc3cc4c(cc3n12)C1(C)CCC4(C)C1. The Bertz CT molecular complexity index is 1310. The fraction of sp³-hybridized carbons (Fsp3) is 0.440. The molecule has 1 fully saturated rings. The maximum Gasteiger partial charge on any atom is 0.148 e. The zero-order valence-corrected chi connectivity index (χ0v) is 17.4. The number of benzene rings is 2. The summed E-state index contributed by atoms with van der Waals surface area (Å²) >= 11 is 0. The van der Waals surface area contributed by atoms with Gasteiger partial charge in [0.15, 0.2) is 0 Å². The molecule has 1 saturated carbocycles. The molecule has 0 saturated heterocycles. The van der Waals surface area contributed by atoms with Crippen LogP contribution >= 0.6 is 0 Å². The summed E-state index contributed by atoms with van der Waals surface area (Å²) < 4.78 is 2.33. The van der Waals surface area contributed by atoms with Crippen molar-refractivity contribution in [2.45, 2.75) is 70.1 Å². The average Bonchev–Trinajstić information content (AvgIpc) is 3.24. The first-order valence-corrected chi connectivity index (χ1v) is 10.5. The van der Waals surface area contributed by atoms with Gasteiger partial charge in [-0.05, 0) is 65.5 Å². The summed E-state index contributed by atoms with van der Waals surface area (Å²) in [4.78, 5) is 10.2. The van der Waals surface area contributed by atoms with Gasteiger partial charge in [-0.2, -0.15) is 0 Å². The first-order valence-electron chi connectivity index (χ1n) is 10.5. The number of nitrogens with zero attached hydrogens (tertiary/aromatic N) is 3. The fourth-order valence-corrected chi connectivity index (χ4v) is 5.99. The Labute approximate surface area is 165 Å². The second-order valence-corrected chi connectivity index (χ2v) is 10.7. The molecule has 0 aliphatic heterocycles. The van der Waals surface area contributed by atoms with Crippen molar-refractivity contribution in [2.75, 3.05) is 0 Å². The molecule has 0 radical (unpaired) electrons. The highest BCUT2D eigenvalue weighted by molar-refractivity contribution is 5.97. The molecule has 2 aromatic heterocycles. The summed E-state index contributed by atoms with van der Waals surface area (Å²) in [6.45, 7) is 11.6. The summed E-state index contributed by atoms with van der Waals surface area (Å²) in [5.41, 5.74) is 8.04. The van der Waals surface area contributed by atoms with E-state index < -0.39 is 0 Å². The molecule has 142 valence electrons. The van der Waals surface area contributed by atoms with Crippen LogP contribution < -0.4 is 0 Å². The van der Waals surface area contributed by atoms with E-state index >= 15 is 0 Å². The lowest BCUT2D eigenvalue weighted by molar-refractivity contribution is 0.484. The van der Waals surface area contributed by atoms with Crippen LogP contribution in [0.2, 0.25) is 0 Å². The van der Waals surface area contributed by atoms with Crippen LogP contribution in [0.3, 0.4) is 0 Å². The third-order valence-corrected chi connectivity index (χ3v) is 7.36. The number of hydrogen-bond donors (Lipinski definition) is 0. The van der Waals surface area contributed by atoms with Gasteiger partial charge in [0.2, 0.25) is 0 Å². The molecular weight excluding hydrogens is 342 g/mol. The van der Waals surface area contributed by atoms with Gasteiger partial charge >= 0.3 is 0 Å². The second-order valence-electron chi connectivity index (χ2n) is 10.7. The molecule has 0 N–H and O–H groups in total. The molecule has 0 spiro atoms. The fourth-order valence-electron chi connectivity index (χ4n) is 5.99. The minimum atomic E-state index is -0.0657. The Morgan fingerprint density at radius 3 is 2.29 bits per heavy atom. The van der Waals surface area contributed by atoms with Gasteiger partial charge in [-0.3, -0.25) is 4.40 Å². The lowest BCUT2D eigenvalue weighted by Crippen LogP contribution is -2.20. The van der Waals surface area contributed by atoms with E-state index in [0.717, 1.165) is 27.9 Å². The van der Waals surface area contributed by atoms with Crippen molar-refractivity contribution in [3.05, 3.63) is 53.3 Å². The molecule has 2 aliphatic carbocycles. The van der Waals surface area contributed by atoms with E-state index in [1.807, 2.05) is 0 Å². The summed E-state index contributed by atoms with van der Waals surface area (Å²) in [5, 5.41) is 1.13. The van der Waals surface area contributed by atoms with Crippen molar-refractivity contribution in [3.8, 4) is 0 Å². The van der Waals surface area contributed by atoms with Crippen LogP contribution in [0.5, 0.6) is 0 Å². The normalized spacial score (nSPS) is 26.6. The number of fused-ring (bicyclic) bond motifs is 10. The Morgan fingerprint density at radius 1 is 0.893 bits per heavy atom. The number of para-hydroxylation sites is 1. The molecule has 2 heterocycles. The lowest BCUT2D eigenvalue weighted by Gasteiger charge is -2.27. The maximum atomic E-state index is 5.16. The van der Waals surface area contributed by atoms with E-state index in [2.05, 4.69) is 75.4 Å². The number of rotatable bonds is 0. The molecule has 2 aliphatic rings. The monoisotopic (exact) mass is 369 g/mol. The Kier molecular flexibility index (Phi) is 2.81. The molecular formula is C25H27N3. The molecule has 28 heavy (non-hydrogen) atoms. The zero-order valence-electron chi connectivity index (χ0n) is 17.4. The topological polar surface area (TPSA) is 30.2 Å². The van der Waals surface area contributed by atoms with Crippen LogP contribution in [0.25, 0.3) is 27.6 Å². The molecule has 0 amide bonds. The summed E-state index contributed by atoms with van der Waals surface area (Å²) in [6.07, 6.45) is 3.87. The molecule has 2 unspecified atom stereocenters. The highest BCUT2D eigenvalue weighted by atomic mass is 15.1. The van der Waals surface area contributed by atoms with Crippen LogP contribution in [0.4, 0.5) is 0 Å². The van der Waals surface area contributed by atoms with E-state index in [0.29, 0.717) is 10.8 Å². The summed E-state index contributed by atoms with van der Waals surface area (Å²) in [6, 6.07) is 13.2. The van der Waals surface area contributed by atoms with Crippen LogP contribution in [0, 0.1) is 0 Å². The van der Waals surface area contributed by atoms with Crippen LogP contribution in [0.15, 0.2) is 36.4 Å². The van der Waals surface area contributed by atoms with Gasteiger partial charge in [-0.15, -0.1) is 0 Å². The standard InChI is InChI=1S/C25H27N3/c1-23(2,3)22-27-18-9-7-6-8-15(18)21-26-19-12-16-17(13-20(19)28(21)22)25(5)11-10-24(16,4)14-25/h6-9,12-13H,10-11,14H2,1-5H3. The van der Waals surface area contributed by atoms with Gasteiger partial charge in [0.05, 0.1) is 16.6 Å². The Hall–Kier alpha value is -2.42. The number of imidazole rings is 1. The van der Waals surface area contributed by atoms with E-state index in [1.165, 1.54) is 30.3 Å². The predicted octanol–water partition coefficient (Wildman–Crippen LogP) is 6.05. The largest absolute Gasteiger partial charge is 0.279 e. The van der Waals surface area contributed by atoms with Crippen molar-refractivity contribution in [1.29, 1.82) is 0 Å². The van der Waals surface area contributed by atoms with Gasteiger partial charge < -0.3 is 0 Å². The maximum absolute atomic E-state index is 5.16. The molecule has 6 rings (SSSR count). The van der Waals surface area contributed by atoms with Crippen molar-refractivity contribution in [2.24, 2.45) is 0 Å². The van der Waals surface area contributed by atoms with Crippen LogP contribution in [0.1, 0.15) is 70.8 Å². The molecule has 2 atom stereocenters. The second kappa shape index (κ2) is 4.76. The van der Waals surface area contributed by atoms with Crippen LogP contribution in [-0.4, -0.2) is 14.4 Å². The van der Waals surface area contributed by atoms with Crippen molar-refractivity contribution in [3.63, 3.8) is 0 Å². The van der Waals surface area contributed by atoms with Gasteiger partial charge in [-0.1, -0.05) is 46.8 Å². The van der Waals surface area contributed by atoms with Crippen molar-refractivity contribution < 1.29 is 0 Å².